The highest BCUT2D eigenvalue weighted by molar-refractivity contribution is 5.83. The summed E-state index contributed by atoms with van der Waals surface area (Å²) in [7, 11) is 0. The molecule has 2 aromatic heterocycles. The average Bonchev–Trinajstić information content (AvgIpc) is 3.14. The van der Waals surface area contributed by atoms with Crippen LogP contribution in [0.4, 0.5) is 0 Å². The van der Waals surface area contributed by atoms with Gasteiger partial charge in [-0.1, -0.05) is 53.5 Å². The maximum Gasteiger partial charge on any atom is 0.263 e. The SMILES string of the molecule is CCCn1cc(-c2nc(-c3ccc(C)cc3)no2)c(=O)c2cc(C)ccc21. The van der Waals surface area contributed by atoms with Crippen molar-refractivity contribution in [3.8, 4) is 22.8 Å². The Morgan fingerprint density at radius 1 is 1.04 bits per heavy atom. The zero-order valence-corrected chi connectivity index (χ0v) is 15.7. The number of aromatic nitrogens is 3. The number of fused-ring (bicyclic) bond motifs is 1. The molecule has 0 saturated heterocycles. The van der Waals surface area contributed by atoms with Gasteiger partial charge in [-0.3, -0.25) is 4.79 Å². The lowest BCUT2D eigenvalue weighted by atomic mass is 10.1. The predicted octanol–water partition coefficient (Wildman–Crippen LogP) is 4.75. The molecule has 0 N–H and O–H groups in total. The molecule has 0 fully saturated rings. The van der Waals surface area contributed by atoms with Crippen molar-refractivity contribution in [1.82, 2.24) is 14.7 Å². The van der Waals surface area contributed by atoms with Crippen molar-refractivity contribution in [2.75, 3.05) is 0 Å². The van der Waals surface area contributed by atoms with Crippen LogP contribution in [0.3, 0.4) is 0 Å². The van der Waals surface area contributed by atoms with E-state index in [-0.39, 0.29) is 11.3 Å². The quantitative estimate of drug-likeness (QED) is 0.528. The molecule has 5 heteroatoms. The Bertz CT molecular complexity index is 1170. The van der Waals surface area contributed by atoms with Crippen LogP contribution in [0.1, 0.15) is 24.5 Å². The molecule has 4 rings (SSSR count). The molecular formula is C22H21N3O2. The highest BCUT2D eigenvalue weighted by Gasteiger charge is 2.17. The van der Waals surface area contributed by atoms with Crippen LogP contribution >= 0.6 is 0 Å². The van der Waals surface area contributed by atoms with Crippen LogP contribution in [0.5, 0.6) is 0 Å². The normalized spacial score (nSPS) is 11.2. The first-order chi connectivity index (χ1) is 13.1. The standard InChI is InChI=1S/C22H21N3O2/c1-4-11-25-13-18(20(26)17-12-15(3)7-10-19(17)25)22-23-21(24-27-22)16-8-5-14(2)6-9-16/h5-10,12-13H,4,11H2,1-3H3. The van der Waals surface area contributed by atoms with Gasteiger partial charge in [-0.2, -0.15) is 4.98 Å². The molecule has 2 heterocycles. The van der Waals surface area contributed by atoms with E-state index >= 15 is 0 Å². The lowest BCUT2D eigenvalue weighted by Gasteiger charge is -2.11. The first kappa shape index (κ1) is 17.2. The molecule has 0 aliphatic rings. The van der Waals surface area contributed by atoms with E-state index in [1.807, 2.05) is 62.5 Å². The fourth-order valence-corrected chi connectivity index (χ4v) is 3.24. The van der Waals surface area contributed by atoms with Gasteiger partial charge in [-0.15, -0.1) is 0 Å². The zero-order valence-electron chi connectivity index (χ0n) is 15.7. The smallest absolute Gasteiger partial charge is 0.263 e. The summed E-state index contributed by atoms with van der Waals surface area (Å²) in [5.41, 5.74) is 4.35. The number of hydrogen-bond acceptors (Lipinski definition) is 4. The van der Waals surface area contributed by atoms with Gasteiger partial charge < -0.3 is 9.09 Å². The third-order valence-corrected chi connectivity index (χ3v) is 4.67. The topological polar surface area (TPSA) is 60.9 Å². The monoisotopic (exact) mass is 359 g/mol. The Morgan fingerprint density at radius 3 is 2.52 bits per heavy atom. The molecule has 4 aromatic rings. The fraction of sp³-hybridized carbons (Fsp3) is 0.227. The van der Waals surface area contributed by atoms with Crippen LogP contribution in [0.15, 0.2) is 58.0 Å². The average molecular weight is 359 g/mol. The molecule has 0 spiro atoms. The van der Waals surface area contributed by atoms with Crippen molar-refractivity contribution < 1.29 is 4.52 Å². The van der Waals surface area contributed by atoms with Gasteiger partial charge in [0.05, 0.1) is 5.52 Å². The summed E-state index contributed by atoms with van der Waals surface area (Å²) in [6.45, 7) is 6.93. The maximum atomic E-state index is 13.1. The third kappa shape index (κ3) is 3.16. The molecule has 0 atom stereocenters. The maximum absolute atomic E-state index is 13.1. The van der Waals surface area contributed by atoms with Crippen molar-refractivity contribution in [1.29, 1.82) is 0 Å². The molecule has 0 aliphatic heterocycles. The van der Waals surface area contributed by atoms with Crippen LogP contribution in [0.2, 0.25) is 0 Å². The van der Waals surface area contributed by atoms with Gasteiger partial charge in [-0.05, 0) is 32.4 Å². The Balaban J connectivity index is 1.87. The molecule has 136 valence electrons. The largest absolute Gasteiger partial charge is 0.346 e. The molecule has 0 radical (unpaired) electrons. The minimum atomic E-state index is -0.0832. The predicted molar refractivity (Wildman–Crippen MR) is 107 cm³/mol. The van der Waals surface area contributed by atoms with Crippen LogP contribution in [-0.4, -0.2) is 14.7 Å². The Labute approximate surface area is 157 Å². The van der Waals surface area contributed by atoms with Crippen LogP contribution in [-0.2, 0) is 6.54 Å². The van der Waals surface area contributed by atoms with Gasteiger partial charge >= 0.3 is 0 Å². The summed E-state index contributed by atoms with van der Waals surface area (Å²) in [6.07, 6.45) is 2.79. The fourth-order valence-electron chi connectivity index (χ4n) is 3.24. The Kier molecular flexibility index (Phi) is 4.36. The zero-order chi connectivity index (χ0) is 19.0. The van der Waals surface area contributed by atoms with Gasteiger partial charge in [0, 0.05) is 23.7 Å². The van der Waals surface area contributed by atoms with E-state index in [9.17, 15) is 4.79 Å². The summed E-state index contributed by atoms with van der Waals surface area (Å²) in [4.78, 5) is 17.6. The van der Waals surface area contributed by atoms with Gasteiger partial charge in [0.2, 0.25) is 11.3 Å². The second-order valence-electron chi connectivity index (χ2n) is 6.88. The van der Waals surface area contributed by atoms with Crippen molar-refractivity contribution in [2.45, 2.75) is 33.7 Å². The molecule has 0 bridgehead atoms. The highest BCUT2D eigenvalue weighted by atomic mass is 16.5. The molecule has 27 heavy (non-hydrogen) atoms. The van der Waals surface area contributed by atoms with E-state index in [1.165, 1.54) is 0 Å². The number of aryl methyl sites for hydroxylation is 3. The van der Waals surface area contributed by atoms with Gasteiger partial charge in [0.15, 0.2) is 0 Å². The van der Waals surface area contributed by atoms with Crippen LogP contribution in [0.25, 0.3) is 33.7 Å². The van der Waals surface area contributed by atoms with E-state index < -0.39 is 0 Å². The minimum absolute atomic E-state index is 0.0832. The van der Waals surface area contributed by atoms with Crippen molar-refractivity contribution >= 4 is 10.9 Å². The second-order valence-corrected chi connectivity index (χ2v) is 6.88. The van der Waals surface area contributed by atoms with Crippen molar-refractivity contribution in [2.24, 2.45) is 0 Å². The van der Waals surface area contributed by atoms with Gasteiger partial charge in [0.1, 0.15) is 5.56 Å². The van der Waals surface area contributed by atoms with E-state index in [1.54, 1.807) is 0 Å². The number of pyridine rings is 1. The summed E-state index contributed by atoms with van der Waals surface area (Å²) in [5.74, 6) is 0.736. The molecule has 5 nitrogen and oxygen atoms in total. The number of benzene rings is 2. The molecule has 2 aromatic carbocycles. The van der Waals surface area contributed by atoms with E-state index in [0.29, 0.717) is 16.8 Å². The number of hydrogen-bond donors (Lipinski definition) is 0. The van der Waals surface area contributed by atoms with Gasteiger partial charge in [-0.25, -0.2) is 0 Å². The third-order valence-electron chi connectivity index (χ3n) is 4.67. The lowest BCUT2D eigenvalue weighted by molar-refractivity contribution is 0.431. The summed E-state index contributed by atoms with van der Waals surface area (Å²) in [5, 5.41) is 4.75. The summed E-state index contributed by atoms with van der Waals surface area (Å²) in [6, 6.07) is 13.8. The van der Waals surface area contributed by atoms with Gasteiger partial charge in [0.25, 0.3) is 5.89 Å². The van der Waals surface area contributed by atoms with Crippen LogP contribution in [0, 0.1) is 13.8 Å². The van der Waals surface area contributed by atoms with E-state index in [2.05, 4.69) is 21.6 Å². The lowest BCUT2D eigenvalue weighted by Crippen LogP contribution is -2.12. The minimum Gasteiger partial charge on any atom is -0.346 e. The van der Waals surface area contributed by atoms with Crippen molar-refractivity contribution in [3.63, 3.8) is 0 Å². The Hall–Kier alpha value is -3.21. The number of nitrogens with zero attached hydrogens (tertiary/aromatic N) is 3. The summed E-state index contributed by atoms with van der Waals surface area (Å²) >= 11 is 0. The molecule has 0 amide bonds. The first-order valence-electron chi connectivity index (χ1n) is 9.11. The molecular weight excluding hydrogens is 338 g/mol. The molecule has 0 unspecified atom stereocenters. The second kappa shape index (κ2) is 6.83. The molecule has 0 aliphatic carbocycles. The first-order valence-corrected chi connectivity index (χ1v) is 9.11. The molecule has 0 saturated carbocycles. The van der Waals surface area contributed by atoms with Crippen molar-refractivity contribution in [3.05, 3.63) is 70.0 Å². The van der Waals surface area contributed by atoms with E-state index in [0.717, 1.165) is 35.2 Å². The van der Waals surface area contributed by atoms with E-state index in [4.69, 9.17) is 4.52 Å². The number of rotatable bonds is 4. The highest BCUT2D eigenvalue weighted by Crippen LogP contribution is 2.23. The summed E-state index contributed by atoms with van der Waals surface area (Å²) < 4.78 is 7.54. The Morgan fingerprint density at radius 2 is 1.78 bits per heavy atom. The van der Waals surface area contributed by atoms with Crippen LogP contribution < -0.4 is 5.43 Å².